The van der Waals surface area contributed by atoms with E-state index in [4.69, 9.17) is 4.74 Å². The third-order valence-corrected chi connectivity index (χ3v) is 7.32. The first-order valence-electron chi connectivity index (χ1n) is 11.7. The number of nitrogens with zero attached hydrogens (tertiary/aromatic N) is 1. The molecule has 0 aromatic heterocycles. The van der Waals surface area contributed by atoms with E-state index in [1.165, 1.54) is 43.9 Å². The van der Waals surface area contributed by atoms with Gasteiger partial charge in [0.1, 0.15) is 5.75 Å². The average molecular weight is 453 g/mol. The van der Waals surface area contributed by atoms with Crippen LogP contribution in [0.2, 0.25) is 0 Å². The van der Waals surface area contributed by atoms with Gasteiger partial charge < -0.3 is 15.0 Å². The Balaban J connectivity index is 1.30. The Labute approximate surface area is 194 Å². The molecular weight excluding hydrogens is 420 g/mol. The molecule has 0 radical (unpaired) electrons. The number of amides is 2. The van der Waals surface area contributed by atoms with E-state index in [-0.39, 0.29) is 11.8 Å². The van der Waals surface area contributed by atoms with Crippen molar-refractivity contribution in [2.24, 2.45) is 5.92 Å². The number of carbonyl (C=O) groups excluding carboxylic acids is 2. The number of ether oxygens (including phenoxy) is 1. The zero-order chi connectivity index (χ0) is 22.2. The molecule has 1 N–H and O–H groups in total. The number of thioether (sulfide) groups is 1. The normalized spacial score (nSPS) is 16.7. The lowest BCUT2D eigenvalue weighted by atomic mass is 9.90. The largest absolute Gasteiger partial charge is 0.493 e. The highest BCUT2D eigenvalue weighted by atomic mass is 32.2. The van der Waals surface area contributed by atoms with Crippen molar-refractivity contribution in [1.29, 1.82) is 0 Å². The van der Waals surface area contributed by atoms with Crippen LogP contribution in [-0.4, -0.2) is 42.2 Å². The second-order valence-corrected chi connectivity index (χ2v) is 9.68. The number of rotatable bonds is 8. The maximum atomic E-state index is 12.9. The molecule has 6 heteroatoms. The Kier molecular flexibility index (Phi) is 8.10. The van der Waals surface area contributed by atoms with E-state index in [1.807, 2.05) is 47.4 Å². The summed E-state index contributed by atoms with van der Waals surface area (Å²) < 4.78 is 5.95. The zero-order valence-corrected chi connectivity index (χ0v) is 19.4. The van der Waals surface area contributed by atoms with Crippen LogP contribution in [-0.2, 0) is 4.79 Å². The van der Waals surface area contributed by atoms with Crippen molar-refractivity contribution in [2.45, 2.75) is 49.8 Å². The minimum absolute atomic E-state index is 0.145. The first-order valence-corrected chi connectivity index (χ1v) is 12.7. The summed E-state index contributed by atoms with van der Waals surface area (Å²) in [6, 6.07) is 15.0. The van der Waals surface area contributed by atoms with Gasteiger partial charge in [-0.25, -0.2) is 0 Å². The number of anilines is 1. The van der Waals surface area contributed by atoms with Gasteiger partial charge in [0.2, 0.25) is 5.91 Å². The molecule has 0 atom stereocenters. The zero-order valence-electron chi connectivity index (χ0n) is 18.6. The van der Waals surface area contributed by atoms with Gasteiger partial charge in [0, 0.05) is 23.7 Å². The summed E-state index contributed by atoms with van der Waals surface area (Å²) in [6.07, 6.45) is 8.65. The number of hydrogen-bond donors (Lipinski definition) is 1. The van der Waals surface area contributed by atoms with Crippen molar-refractivity contribution < 1.29 is 14.3 Å². The first kappa shape index (κ1) is 22.7. The molecule has 1 saturated heterocycles. The minimum atomic E-state index is -0.169. The summed E-state index contributed by atoms with van der Waals surface area (Å²) in [6.45, 7) is 2.47. The molecule has 1 heterocycles. The smallest absolute Gasteiger partial charge is 0.256 e. The minimum Gasteiger partial charge on any atom is -0.493 e. The Morgan fingerprint density at radius 3 is 2.41 bits per heavy atom. The molecular formula is C26H32N2O3S. The van der Waals surface area contributed by atoms with Crippen LogP contribution in [0.25, 0.3) is 0 Å². The van der Waals surface area contributed by atoms with Crippen molar-refractivity contribution in [3.63, 3.8) is 0 Å². The van der Waals surface area contributed by atoms with E-state index in [2.05, 4.69) is 5.32 Å². The summed E-state index contributed by atoms with van der Waals surface area (Å²) in [5, 5.41) is 2.97. The van der Waals surface area contributed by atoms with Gasteiger partial charge in [-0.2, -0.15) is 0 Å². The molecule has 5 nitrogen and oxygen atoms in total. The van der Waals surface area contributed by atoms with Gasteiger partial charge in [-0.05, 0) is 68.0 Å². The second-order valence-electron chi connectivity index (χ2n) is 8.67. The third-order valence-electron chi connectivity index (χ3n) is 6.26. The summed E-state index contributed by atoms with van der Waals surface area (Å²) >= 11 is 1.43. The molecule has 0 bridgehead atoms. The fraction of sp³-hybridized carbons (Fsp3) is 0.462. The van der Waals surface area contributed by atoms with Gasteiger partial charge in [0.05, 0.1) is 17.9 Å². The van der Waals surface area contributed by atoms with E-state index in [9.17, 15) is 9.59 Å². The lowest BCUT2D eigenvalue weighted by molar-refractivity contribution is -0.127. The molecule has 2 aromatic carbocycles. The maximum Gasteiger partial charge on any atom is 0.256 e. The summed E-state index contributed by atoms with van der Waals surface area (Å²) in [4.78, 5) is 28.0. The van der Waals surface area contributed by atoms with Crippen molar-refractivity contribution in [3.05, 3.63) is 54.1 Å². The molecule has 2 aromatic rings. The Bertz CT molecular complexity index is 904. The predicted molar refractivity (Wildman–Crippen MR) is 129 cm³/mol. The molecule has 170 valence electrons. The van der Waals surface area contributed by atoms with E-state index in [0.29, 0.717) is 17.2 Å². The average Bonchev–Trinajstić information content (AvgIpc) is 3.38. The van der Waals surface area contributed by atoms with Crippen LogP contribution in [0.1, 0.15) is 55.3 Å². The van der Waals surface area contributed by atoms with E-state index in [0.717, 1.165) is 48.9 Å². The van der Waals surface area contributed by atoms with Gasteiger partial charge in [-0.3, -0.25) is 9.59 Å². The molecule has 4 rings (SSSR count). The van der Waals surface area contributed by atoms with Crippen molar-refractivity contribution in [1.82, 2.24) is 4.90 Å². The molecule has 0 spiro atoms. The molecule has 32 heavy (non-hydrogen) atoms. The standard InChI is InChI=1S/C26H32N2O3S/c29-25(28-16-6-7-17-28)19-32-24-11-5-4-10-23(24)26(30)27-21-12-14-22(15-13-21)31-18-20-8-2-1-3-9-20/h4-5,10-15,20H,1-3,6-9,16-19H2,(H,27,30). The molecule has 1 saturated carbocycles. The topological polar surface area (TPSA) is 58.6 Å². The number of carbonyl (C=O) groups is 2. The lowest BCUT2D eigenvalue weighted by Crippen LogP contribution is -2.29. The highest BCUT2D eigenvalue weighted by molar-refractivity contribution is 8.00. The van der Waals surface area contributed by atoms with Crippen molar-refractivity contribution >= 4 is 29.3 Å². The van der Waals surface area contributed by atoms with Gasteiger partial charge in [0.15, 0.2) is 0 Å². The third kappa shape index (κ3) is 6.28. The number of likely N-dealkylation sites (tertiary alicyclic amines) is 1. The lowest BCUT2D eigenvalue weighted by Gasteiger charge is -2.21. The SMILES string of the molecule is O=C(Nc1ccc(OCC2CCCCC2)cc1)c1ccccc1SCC(=O)N1CCCC1. The monoisotopic (exact) mass is 452 g/mol. The Hall–Kier alpha value is -2.47. The van der Waals surface area contributed by atoms with Crippen LogP contribution in [0.3, 0.4) is 0 Å². The maximum absolute atomic E-state index is 12.9. The number of nitrogens with one attached hydrogen (secondary N) is 1. The van der Waals surface area contributed by atoms with Crippen molar-refractivity contribution in [2.75, 3.05) is 30.8 Å². The summed E-state index contributed by atoms with van der Waals surface area (Å²) in [5.74, 6) is 1.83. The highest BCUT2D eigenvalue weighted by Crippen LogP contribution is 2.27. The van der Waals surface area contributed by atoms with Crippen LogP contribution in [0.5, 0.6) is 5.75 Å². The Morgan fingerprint density at radius 2 is 1.66 bits per heavy atom. The molecule has 2 aliphatic rings. The van der Waals surface area contributed by atoms with Crippen molar-refractivity contribution in [3.8, 4) is 5.75 Å². The van der Waals surface area contributed by atoms with Gasteiger partial charge in [-0.1, -0.05) is 31.4 Å². The Morgan fingerprint density at radius 1 is 0.938 bits per heavy atom. The first-order chi connectivity index (χ1) is 15.7. The molecule has 2 fully saturated rings. The van der Waals surface area contributed by atoms with Gasteiger partial charge >= 0.3 is 0 Å². The van der Waals surface area contributed by atoms with Crippen LogP contribution in [0.4, 0.5) is 5.69 Å². The van der Waals surface area contributed by atoms with Crippen LogP contribution in [0.15, 0.2) is 53.4 Å². The van der Waals surface area contributed by atoms with Crippen LogP contribution in [0, 0.1) is 5.92 Å². The van der Waals surface area contributed by atoms with Gasteiger partial charge in [-0.15, -0.1) is 11.8 Å². The van der Waals surface area contributed by atoms with E-state index in [1.54, 1.807) is 6.07 Å². The molecule has 1 aliphatic heterocycles. The second kappa shape index (κ2) is 11.4. The summed E-state index contributed by atoms with van der Waals surface area (Å²) in [7, 11) is 0. The molecule has 0 unspecified atom stereocenters. The van der Waals surface area contributed by atoms with E-state index < -0.39 is 0 Å². The number of benzene rings is 2. The molecule has 1 aliphatic carbocycles. The summed E-state index contributed by atoms with van der Waals surface area (Å²) in [5.41, 5.74) is 1.32. The molecule has 2 amide bonds. The quantitative estimate of drug-likeness (QED) is 0.529. The highest BCUT2D eigenvalue weighted by Gasteiger charge is 2.19. The van der Waals surface area contributed by atoms with Crippen LogP contribution < -0.4 is 10.1 Å². The fourth-order valence-corrected chi connectivity index (χ4v) is 5.33. The fourth-order valence-electron chi connectivity index (χ4n) is 4.38. The number of hydrogen-bond acceptors (Lipinski definition) is 4. The van der Waals surface area contributed by atoms with Crippen LogP contribution >= 0.6 is 11.8 Å². The predicted octanol–water partition coefficient (Wildman–Crippen LogP) is 5.61. The van der Waals surface area contributed by atoms with Gasteiger partial charge in [0.25, 0.3) is 5.91 Å². The van der Waals surface area contributed by atoms with E-state index >= 15 is 0 Å².